The lowest BCUT2D eigenvalue weighted by Crippen LogP contribution is -2.68. The van der Waals surface area contributed by atoms with Gasteiger partial charge in [-0.05, 0) is 44.4 Å². The summed E-state index contributed by atoms with van der Waals surface area (Å²) >= 11 is 5.98. The van der Waals surface area contributed by atoms with Gasteiger partial charge in [0, 0.05) is 22.6 Å². The van der Waals surface area contributed by atoms with Gasteiger partial charge in [-0.1, -0.05) is 18.0 Å². The van der Waals surface area contributed by atoms with Gasteiger partial charge in [0.2, 0.25) is 0 Å². The van der Waals surface area contributed by atoms with Crippen LogP contribution in [0.4, 0.5) is 4.79 Å². The fourth-order valence-corrected chi connectivity index (χ4v) is 4.84. The zero-order valence-electron chi connectivity index (χ0n) is 14.8. The van der Waals surface area contributed by atoms with E-state index in [2.05, 4.69) is 0 Å². The van der Waals surface area contributed by atoms with E-state index in [1.807, 2.05) is 6.92 Å². The van der Waals surface area contributed by atoms with Gasteiger partial charge in [0.15, 0.2) is 0 Å². The maximum Gasteiger partial charge on any atom is 0.327 e. The predicted molar refractivity (Wildman–Crippen MR) is 95.9 cm³/mol. The predicted octanol–water partition coefficient (Wildman–Crippen LogP) is 3.16. The van der Waals surface area contributed by atoms with E-state index in [4.69, 9.17) is 16.3 Å². The average molecular weight is 379 g/mol. The number of amides is 3. The summed E-state index contributed by atoms with van der Waals surface area (Å²) < 4.78 is 5.84. The number of phenols is 1. The largest absolute Gasteiger partial charge is 0.508 e. The van der Waals surface area contributed by atoms with Crippen LogP contribution in [0.5, 0.6) is 5.75 Å². The van der Waals surface area contributed by atoms with Crippen LogP contribution in [0.15, 0.2) is 18.2 Å². The van der Waals surface area contributed by atoms with Crippen molar-refractivity contribution in [3.05, 3.63) is 28.8 Å². The van der Waals surface area contributed by atoms with Gasteiger partial charge in [-0.25, -0.2) is 4.79 Å². The van der Waals surface area contributed by atoms with Crippen molar-refractivity contribution in [2.24, 2.45) is 5.41 Å². The van der Waals surface area contributed by atoms with Gasteiger partial charge in [0.05, 0.1) is 18.7 Å². The van der Waals surface area contributed by atoms with E-state index < -0.39 is 0 Å². The number of aromatic hydroxyl groups is 1. The summed E-state index contributed by atoms with van der Waals surface area (Å²) in [7, 11) is 0. The van der Waals surface area contributed by atoms with Gasteiger partial charge < -0.3 is 14.7 Å². The third kappa shape index (κ3) is 2.58. The second-order valence-electron chi connectivity index (χ2n) is 7.46. The van der Waals surface area contributed by atoms with Crippen molar-refractivity contribution in [2.45, 2.75) is 51.3 Å². The zero-order chi connectivity index (χ0) is 18.5. The Hall–Kier alpha value is -1.79. The van der Waals surface area contributed by atoms with E-state index in [9.17, 15) is 14.7 Å². The van der Waals surface area contributed by atoms with Gasteiger partial charge in [0.25, 0.3) is 5.91 Å². The molecule has 2 aliphatic carbocycles. The molecule has 1 heterocycles. The highest BCUT2D eigenvalue weighted by molar-refractivity contribution is 6.30. The first kappa shape index (κ1) is 17.6. The van der Waals surface area contributed by atoms with Crippen LogP contribution < -0.4 is 0 Å². The number of urea groups is 1. The summed E-state index contributed by atoms with van der Waals surface area (Å²) in [5, 5.41) is 10.5. The normalized spacial score (nSPS) is 27.0. The molecule has 1 N–H and O–H groups in total. The molecular formula is C19H23ClN2O4. The molecule has 3 amide bonds. The van der Waals surface area contributed by atoms with E-state index in [1.54, 1.807) is 12.1 Å². The Morgan fingerprint density at radius 2 is 2.12 bits per heavy atom. The third-order valence-electron chi connectivity index (χ3n) is 6.18. The lowest BCUT2D eigenvalue weighted by molar-refractivity contribution is -0.195. The van der Waals surface area contributed by atoms with Crippen LogP contribution >= 0.6 is 11.6 Å². The molecule has 1 aromatic rings. The highest BCUT2D eigenvalue weighted by Gasteiger charge is 2.63. The minimum Gasteiger partial charge on any atom is -0.508 e. The number of benzene rings is 1. The van der Waals surface area contributed by atoms with Crippen LogP contribution in [0, 0.1) is 5.41 Å². The Kier molecular flexibility index (Phi) is 4.35. The maximum absolute atomic E-state index is 12.9. The molecule has 6 nitrogen and oxygen atoms in total. The highest BCUT2D eigenvalue weighted by Crippen LogP contribution is 2.59. The van der Waals surface area contributed by atoms with Crippen LogP contribution in [0.2, 0.25) is 5.02 Å². The molecule has 1 aromatic carbocycles. The number of phenolic OH excluding ortho intramolecular Hbond substituents is 1. The molecular weight excluding hydrogens is 356 g/mol. The molecule has 3 aliphatic rings. The maximum atomic E-state index is 12.9. The smallest absolute Gasteiger partial charge is 0.327 e. The van der Waals surface area contributed by atoms with Gasteiger partial charge in [-0.3, -0.25) is 9.69 Å². The fraction of sp³-hybridized carbons (Fsp3) is 0.579. The zero-order valence-corrected chi connectivity index (χ0v) is 15.5. The van der Waals surface area contributed by atoms with Crippen molar-refractivity contribution in [1.29, 1.82) is 0 Å². The highest BCUT2D eigenvalue weighted by atomic mass is 35.5. The van der Waals surface area contributed by atoms with Gasteiger partial charge >= 0.3 is 6.03 Å². The van der Waals surface area contributed by atoms with Crippen LogP contribution in [0.3, 0.4) is 0 Å². The number of carbonyl (C=O) groups excluding carboxylic acids is 2. The summed E-state index contributed by atoms with van der Waals surface area (Å²) in [5.74, 6) is -0.0913. The number of halogens is 1. The Morgan fingerprint density at radius 3 is 2.77 bits per heavy atom. The van der Waals surface area contributed by atoms with Gasteiger partial charge in [-0.2, -0.15) is 0 Å². The van der Waals surface area contributed by atoms with Crippen molar-refractivity contribution >= 4 is 23.5 Å². The molecule has 2 saturated carbocycles. The standard InChI is InChI=1S/C19H23ClN2O4/c1-2-26-16-9-15(19(16)6-3-7-19)22-17(24)11-21(18(22)25)10-12-8-13(20)4-5-14(12)23/h4-5,8,15-16,23H,2-3,6-7,9-11H2,1H3/t15-,16-/m0/s1. The molecule has 26 heavy (non-hydrogen) atoms. The second kappa shape index (κ2) is 6.43. The number of nitrogens with zero attached hydrogens (tertiary/aromatic N) is 2. The van der Waals surface area contributed by atoms with E-state index in [0.29, 0.717) is 17.2 Å². The van der Waals surface area contributed by atoms with Crippen molar-refractivity contribution in [1.82, 2.24) is 9.80 Å². The van der Waals surface area contributed by atoms with Crippen LogP contribution in [-0.2, 0) is 16.1 Å². The summed E-state index contributed by atoms with van der Waals surface area (Å²) in [4.78, 5) is 28.4. The number of rotatable bonds is 5. The van der Waals surface area contributed by atoms with Crippen molar-refractivity contribution in [3.63, 3.8) is 0 Å². The molecule has 3 fully saturated rings. The van der Waals surface area contributed by atoms with Crippen molar-refractivity contribution in [3.8, 4) is 5.75 Å². The molecule has 1 aliphatic heterocycles. The Morgan fingerprint density at radius 1 is 1.35 bits per heavy atom. The molecule has 0 unspecified atom stereocenters. The molecule has 2 atom stereocenters. The topological polar surface area (TPSA) is 70.1 Å². The number of carbonyl (C=O) groups is 2. The first-order chi connectivity index (χ1) is 12.5. The van der Waals surface area contributed by atoms with Gasteiger partial charge in [-0.15, -0.1) is 0 Å². The Balaban J connectivity index is 1.50. The average Bonchev–Trinajstić information content (AvgIpc) is 2.80. The molecule has 7 heteroatoms. The Labute approximate surface area is 157 Å². The quantitative estimate of drug-likeness (QED) is 0.799. The second-order valence-corrected chi connectivity index (χ2v) is 7.89. The van der Waals surface area contributed by atoms with E-state index in [-0.39, 0.29) is 48.3 Å². The molecule has 4 rings (SSSR count). The molecule has 1 saturated heterocycles. The number of imide groups is 1. The van der Waals surface area contributed by atoms with Crippen LogP contribution in [0.1, 0.15) is 38.2 Å². The number of hydrogen-bond donors (Lipinski definition) is 1. The number of hydrogen-bond acceptors (Lipinski definition) is 4. The van der Waals surface area contributed by atoms with Gasteiger partial charge in [0.1, 0.15) is 12.3 Å². The molecule has 140 valence electrons. The van der Waals surface area contributed by atoms with Crippen molar-refractivity contribution < 1.29 is 19.4 Å². The minimum atomic E-state index is -0.277. The van der Waals surface area contributed by atoms with Crippen LogP contribution in [0.25, 0.3) is 0 Å². The van der Waals surface area contributed by atoms with Crippen molar-refractivity contribution in [2.75, 3.05) is 13.2 Å². The fourth-order valence-electron chi connectivity index (χ4n) is 4.65. The molecule has 0 bridgehead atoms. The summed E-state index contributed by atoms with van der Waals surface area (Å²) in [6.07, 6.45) is 4.01. The van der Waals surface area contributed by atoms with E-state index >= 15 is 0 Å². The SMILES string of the molecule is CCO[C@H]1C[C@H](N2C(=O)CN(Cc3cc(Cl)ccc3O)C2=O)C12CCC2. The molecule has 1 spiro atoms. The Bertz CT molecular complexity index is 749. The number of ether oxygens (including phenoxy) is 1. The third-order valence-corrected chi connectivity index (χ3v) is 6.42. The van der Waals surface area contributed by atoms with E-state index in [0.717, 1.165) is 25.7 Å². The lowest BCUT2D eigenvalue weighted by atomic mass is 9.50. The summed E-state index contributed by atoms with van der Waals surface area (Å²) in [6, 6.07) is 4.37. The first-order valence-electron chi connectivity index (χ1n) is 9.16. The minimum absolute atomic E-state index is 0.0384. The summed E-state index contributed by atoms with van der Waals surface area (Å²) in [6.45, 7) is 2.84. The monoisotopic (exact) mass is 378 g/mol. The first-order valence-corrected chi connectivity index (χ1v) is 9.54. The molecule has 0 radical (unpaired) electrons. The lowest BCUT2D eigenvalue weighted by Gasteiger charge is -2.62. The molecule has 0 aromatic heterocycles. The summed E-state index contributed by atoms with van der Waals surface area (Å²) in [5.41, 5.74) is 0.495. The van der Waals surface area contributed by atoms with Crippen LogP contribution in [-0.4, -0.2) is 52.1 Å². The van der Waals surface area contributed by atoms with E-state index in [1.165, 1.54) is 15.9 Å².